The van der Waals surface area contributed by atoms with E-state index in [1.165, 1.54) is 0 Å². The summed E-state index contributed by atoms with van der Waals surface area (Å²) in [5.41, 5.74) is 0. The molecule has 0 spiro atoms. The molecule has 0 rings (SSSR count). The molecule has 6 heteroatoms. The van der Waals surface area contributed by atoms with E-state index in [4.69, 9.17) is 13.5 Å². The quantitative estimate of drug-likeness (QED) is 0.333. The molecule has 0 aromatic heterocycles. The van der Waals surface area contributed by atoms with E-state index in [-0.39, 0.29) is 5.04 Å². The smallest absolute Gasteiger partial charge is 0.353 e. The SMILES string of the molecule is CCOP(=O)(/C=C\CCO[Si](C)(C)C(C)(C)C)OCC. The van der Waals surface area contributed by atoms with Crippen LogP contribution in [0, 0.1) is 0 Å². The lowest BCUT2D eigenvalue weighted by molar-refractivity contribution is 0.228. The van der Waals surface area contributed by atoms with Gasteiger partial charge in [-0.3, -0.25) is 4.57 Å². The molecule has 0 unspecified atom stereocenters. The number of rotatable bonds is 9. The average molecular weight is 322 g/mol. The van der Waals surface area contributed by atoms with Gasteiger partial charge in [0.15, 0.2) is 8.32 Å². The summed E-state index contributed by atoms with van der Waals surface area (Å²) in [5.74, 6) is 1.55. The molecular weight excluding hydrogens is 291 g/mol. The highest BCUT2D eigenvalue weighted by molar-refractivity contribution is 7.57. The molecule has 0 aromatic rings. The summed E-state index contributed by atoms with van der Waals surface area (Å²) in [5, 5.41) is 0.211. The van der Waals surface area contributed by atoms with E-state index >= 15 is 0 Å². The van der Waals surface area contributed by atoms with Gasteiger partial charge in [-0.1, -0.05) is 26.8 Å². The summed E-state index contributed by atoms with van der Waals surface area (Å²) in [6.07, 6.45) is 2.55. The summed E-state index contributed by atoms with van der Waals surface area (Å²) < 4.78 is 28.6. The van der Waals surface area contributed by atoms with Crippen molar-refractivity contribution in [3.8, 4) is 0 Å². The first kappa shape index (κ1) is 20.1. The Morgan fingerprint density at radius 3 is 2.00 bits per heavy atom. The maximum atomic E-state index is 12.2. The molecular formula is C14H31O4PSi. The average Bonchev–Trinajstić information content (AvgIpc) is 2.27. The Bertz CT molecular complexity index is 338. The van der Waals surface area contributed by atoms with Gasteiger partial charge in [0.05, 0.1) is 13.2 Å². The van der Waals surface area contributed by atoms with E-state index in [9.17, 15) is 4.57 Å². The Labute approximate surface area is 125 Å². The molecule has 4 nitrogen and oxygen atoms in total. The molecule has 0 radical (unpaired) electrons. The number of hydrogen-bond acceptors (Lipinski definition) is 4. The fraction of sp³-hybridized carbons (Fsp3) is 0.857. The standard InChI is InChI=1S/C14H31O4PSi/c1-8-16-19(15,17-9-2)13-11-10-12-18-20(6,7)14(3,4)5/h11,13H,8-10,12H2,1-7H3/b13-11-. The molecule has 120 valence electrons. The Morgan fingerprint density at radius 2 is 1.60 bits per heavy atom. The molecule has 0 amide bonds. The van der Waals surface area contributed by atoms with Crippen molar-refractivity contribution in [2.75, 3.05) is 19.8 Å². The Morgan fingerprint density at radius 1 is 1.10 bits per heavy atom. The lowest BCUT2D eigenvalue weighted by Crippen LogP contribution is -2.40. The summed E-state index contributed by atoms with van der Waals surface area (Å²) in [6, 6.07) is 0. The third-order valence-corrected chi connectivity index (χ3v) is 9.81. The van der Waals surface area contributed by atoms with Crippen molar-refractivity contribution in [3.63, 3.8) is 0 Å². The summed E-state index contributed by atoms with van der Waals surface area (Å²) >= 11 is 0. The minimum absolute atomic E-state index is 0.211. The van der Waals surface area contributed by atoms with Crippen molar-refractivity contribution in [3.05, 3.63) is 11.9 Å². The maximum Gasteiger partial charge on any atom is 0.353 e. The van der Waals surface area contributed by atoms with Crippen LogP contribution in [0.1, 0.15) is 41.0 Å². The molecule has 0 aliphatic rings. The van der Waals surface area contributed by atoms with Crippen molar-refractivity contribution in [1.29, 1.82) is 0 Å². The fourth-order valence-electron chi connectivity index (χ4n) is 1.29. The number of hydrogen-bond donors (Lipinski definition) is 0. The van der Waals surface area contributed by atoms with Crippen LogP contribution in [0.5, 0.6) is 0 Å². The van der Waals surface area contributed by atoms with Crippen LogP contribution >= 0.6 is 7.60 Å². The minimum Gasteiger partial charge on any atom is -0.417 e. The lowest BCUT2D eigenvalue weighted by Gasteiger charge is -2.36. The van der Waals surface area contributed by atoms with Gasteiger partial charge >= 0.3 is 7.60 Å². The molecule has 0 aromatic carbocycles. The topological polar surface area (TPSA) is 44.8 Å². The van der Waals surface area contributed by atoms with Crippen LogP contribution in [0.15, 0.2) is 11.9 Å². The van der Waals surface area contributed by atoms with E-state index in [1.807, 2.05) is 6.08 Å². The van der Waals surface area contributed by atoms with Gasteiger partial charge in [0.25, 0.3) is 0 Å². The van der Waals surface area contributed by atoms with Gasteiger partial charge in [0, 0.05) is 12.4 Å². The van der Waals surface area contributed by atoms with Gasteiger partial charge in [-0.15, -0.1) is 0 Å². The zero-order chi connectivity index (χ0) is 15.9. The molecule has 0 saturated heterocycles. The van der Waals surface area contributed by atoms with Crippen LogP contribution in [0.2, 0.25) is 18.1 Å². The van der Waals surface area contributed by atoms with Crippen LogP contribution in [0.25, 0.3) is 0 Å². The van der Waals surface area contributed by atoms with Crippen LogP contribution < -0.4 is 0 Å². The first-order valence-electron chi connectivity index (χ1n) is 7.28. The van der Waals surface area contributed by atoms with E-state index in [1.54, 1.807) is 19.7 Å². The fourth-order valence-corrected chi connectivity index (χ4v) is 3.72. The van der Waals surface area contributed by atoms with Gasteiger partial charge < -0.3 is 13.5 Å². The van der Waals surface area contributed by atoms with Gasteiger partial charge in [-0.25, -0.2) is 0 Å². The van der Waals surface area contributed by atoms with Crippen LogP contribution in [-0.2, 0) is 18.0 Å². The van der Waals surface area contributed by atoms with E-state index in [0.717, 1.165) is 6.42 Å². The second-order valence-corrected chi connectivity index (χ2v) is 12.9. The normalized spacial score (nSPS) is 14.2. The van der Waals surface area contributed by atoms with E-state index in [2.05, 4.69) is 33.9 Å². The first-order chi connectivity index (χ1) is 9.08. The second-order valence-electron chi connectivity index (χ2n) is 6.16. The molecule has 0 bridgehead atoms. The molecule has 20 heavy (non-hydrogen) atoms. The van der Waals surface area contributed by atoms with Crippen molar-refractivity contribution in [2.45, 2.75) is 59.2 Å². The van der Waals surface area contributed by atoms with Crippen LogP contribution in [0.3, 0.4) is 0 Å². The molecule has 0 fully saturated rings. The monoisotopic (exact) mass is 322 g/mol. The highest BCUT2D eigenvalue weighted by Crippen LogP contribution is 2.49. The summed E-state index contributed by atoms with van der Waals surface area (Å²) in [7, 11) is -4.75. The molecule has 0 heterocycles. The molecule has 0 aliphatic heterocycles. The Kier molecular flexibility index (Phi) is 8.52. The Hall–Kier alpha value is 0.0669. The van der Waals surface area contributed by atoms with Crippen molar-refractivity contribution >= 4 is 15.9 Å². The van der Waals surface area contributed by atoms with Gasteiger partial charge in [-0.05, 0) is 38.4 Å². The second kappa shape index (κ2) is 8.50. The zero-order valence-electron chi connectivity index (χ0n) is 14.1. The summed E-state index contributed by atoms with van der Waals surface area (Å²) in [4.78, 5) is 0. The van der Waals surface area contributed by atoms with E-state index in [0.29, 0.717) is 19.8 Å². The van der Waals surface area contributed by atoms with Gasteiger partial charge in [0.1, 0.15) is 0 Å². The maximum absolute atomic E-state index is 12.2. The largest absolute Gasteiger partial charge is 0.417 e. The molecule has 0 aliphatic carbocycles. The molecule has 0 N–H and O–H groups in total. The van der Waals surface area contributed by atoms with Gasteiger partial charge in [-0.2, -0.15) is 0 Å². The van der Waals surface area contributed by atoms with Gasteiger partial charge in [0.2, 0.25) is 0 Å². The highest BCUT2D eigenvalue weighted by atomic mass is 31.2. The van der Waals surface area contributed by atoms with Crippen LogP contribution in [-0.4, -0.2) is 28.1 Å². The third-order valence-electron chi connectivity index (χ3n) is 3.46. The highest BCUT2D eigenvalue weighted by Gasteiger charge is 2.36. The Balaban J connectivity index is 4.29. The van der Waals surface area contributed by atoms with Crippen LogP contribution in [0.4, 0.5) is 0 Å². The van der Waals surface area contributed by atoms with Crippen molar-refractivity contribution < 1.29 is 18.0 Å². The predicted octanol–water partition coefficient (Wildman–Crippen LogP) is 5.18. The van der Waals surface area contributed by atoms with E-state index < -0.39 is 15.9 Å². The summed E-state index contributed by atoms with van der Waals surface area (Å²) in [6.45, 7) is 16.1. The first-order valence-corrected chi connectivity index (χ1v) is 11.8. The molecule has 0 atom stereocenters. The minimum atomic E-state index is -3.06. The third kappa shape index (κ3) is 7.18. The molecule has 0 saturated carbocycles. The van der Waals surface area contributed by atoms with Crippen molar-refractivity contribution in [2.24, 2.45) is 0 Å². The lowest BCUT2D eigenvalue weighted by atomic mass is 10.2. The predicted molar refractivity (Wildman–Crippen MR) is 87.8 cm³/mol. The zero-order valence-corrected chi connectivity index (χ0v) is 16.0. The van der Waals surface area contributed by atoms with Crippen molar-refractivity contribution in [1.82, 2.24) is 0 Å².